The molecule has 1 aliphatic heterocycles. The minimum absolute atomic E-state index is 0.301. The summed E-state index contributed by atoms with van der Waals surface area (Å²) in [6, 6.07) is 9.08. The average molecular weight is 396 g/mol. The zero-order chi connectivity index (χ0) is 18.5. The fourth-order valence-corrected chi connectivity index (χ4v) is 3.09. The molecule has 3 N–H and O–H groups in total. The molecule has 0 saturated heterocycles. The molecule has 0 atom stereocenters. The van der Waals surface area contributed by atoms with Crippen molar-refractivity contribution < 1.29 is 14.2 Å². The SMILES string of the molecule is COc1ccc(NC(N)=NCCc2cc(Cl)c3c(c2)OCCO3)cc1Cl. The number of hydrogen-bond donors (Lipinski definition) is 2. The Balaban J connectivity index is 1.59. The minimum Gasteiger partial charge on any atom is -0.495 e. The molecule has 0 aliphatic carbocycles. The Bertz CT molecular complexity index is 828. The highest BCUT2D eigenvalue weighted by Gasteiger charge is 2.16. The number of nitrogens with two attached hydrogens (primary N) is 1. The van der Waals surface area contributed by atoms with Gasteiger partial charge in [-0.25, -0.2) is 0 Å². The molecule has 2 aromatic carbocycles. The van der Waals surface area contributed by atoms with Crippen LogP contribution in [0.5, 0.6) is 17.2 Å². The molecule has 0 spiro atoms. The first-order chi connectivity index (χ1) is 12.6. The molecule has 6 nitrogen and oxygen atoms in total. The van der Waals surface area contributed by atoms with Gasteiger partial charge in [-0.2, -0.15) is 0 Å². The topological polar surface area (TPSA) is 78.1 Å². The van der Waals surface area contributed by atoms with Crippen LogP contribution in [-0.4, -0.2) is 32.8 Å². The van der Waals surface area contributed by atoms with Gasteiger partial charge in [-0.05, 0) is 42.3 Å². The van der Waals surface area contributed by atoms with E-state index in [1.165, 1.54) is 0 Å². The van der Waals surface area contributed by atoms with Crippen molar-refractivity contribution >= 4 is 34.8 Å². The Morgan fingerprint density at radius 1 is 1.19 bits per heavy atom. The summed E-state index contributed by atoms with van der Waals surface area (Å²) >= 11 is 12.3. The lowest BCUT2D eigenvalue weighted by atomic mass is 10.1. The molecule has 0 fully saturated rings. The van der Waals surface area contributed by atoms with Crippen molar-refractivity contribution in [1.29, 1.82) is 0 Å². The van der Waals surface area contributed by atoms with E-state index in [9.17, 15) is 0 Å². The quantitative estimate of drug-likeness (QED) is 0.595. The number of fused-ring (bicyclic) bond motifs is 1. The van der Waals surface area contributed by atoms with Crippen LogP contribution in [0.2, 0.25) is 10.0 Å². The number of hydrogen-bond acceptors (Lipinski definition) is 4. The van der Waals surface area contributed by atoms with Gasteiger partial charge in [-0.1, -0.05) is 23.2 Å². The highest BCUT2D eigenvalue weighted by Crippen LogP contribution is 2.38. The number of ether oxygens (including phenoxy) is 3. The van der Waals surface area contributed by atoms with Crippen molar-refractivity contribution in [1.82, 2.24) is 0 Å². The van der Waals surface area contributed by atoms with Crippen LogP contribution in [0.25, 0.3) is 0 Å². The number of nitrogens with one attached hydrogen (secondary N) is 1. The van der Waals surface area contributed by atoms with Gasteiger partial charge in [0.25, 0.3) is 0 Å². The van der Waals surface area contributed by atoms with Gasteiger partial charge in [-0.3, -0.25) is 4.99 Å². The second kappa shape index (κ2) is 8.38. The summed E-state index contributed by atoms with van der Waals surface area (Å²) in [5.74, 6) is 2.17. The van der Waals surface area contributed by atoms with Crippen molar-refractivity contribution in [3.05, 3.63) is 45.9 Å². The van der Waals surface area contributed by atoms with E-state index in [2.05, 4.69) is 10.3 Å². The molecular formula is C18H19Cl2N3O3. The molecule has 0 aromatic heterocycles. The van der Waals surface area contributed by atoms with E-state index in [1.807, 2.05) is 18.2 Å². The highest BCUT2D eigenvalue weighted by molar-refractivity contribution is 6.32. The van der Waals surface area contributed by atoms with Crippen molar-refractivity contribution in [3.8, 4) is 17.2 Å². The second-order valence-electron chi connectivity index (χ2n) is 5.59. The second-order valence-corrected chi connectivity index (χ2v) is 6.41. The summed E-state index contributed by atoms with van der Waals surface area (Å²) in [5.41, 5.74) is 7.66. The van der Waals surface area contributed by atoms with Gasteiger partial charge in [0, 0.05) is 12.2 Å². The van der Waals surface area contributed by atoms with Crippen LogP contribution in [0.3, 0.4) is 0 Å². The Kier molecular flexibility index (Phi) is 5.96. The van der Waals surface area contributed by atoms with Crippen LogP contribution in [0.1, 0.15) is 5.56 Å². The summed E-state index contributed by atoms with van der Waals surface area (Å²) < 4.78 is 16.2. The zero-order valence-corrected chi connectivity index (χ0v) is 15.7. The number of aliphatic imine (C=N–C) groups is 1. The Morgan fingerprint density at radius 3 is 2.77 bits per heavy atom. The number of halogens is 2. The van der Waals surface area contributed by atoms with Crippen molar-refractivity contribution in [2.45, 2.75) is 6.42 Å². The first-order valence-electron chi connectivity index (χ1n) is 8.05. The third-order valence-electron chi connectivity index (χ3n) is 3.76. The maximum absolute atomic E-state index is 6.24. The molecule has 0 radical (unpaired) electrons. The highest BCUT2D eigenvalue weighted by atomic mass is 35.5. The Morgan fingerprint density at radius 2 is 2.00 bits per heavy atom. The smallest absolute Gasteiger partial charge is 0.193 e. The molecule has 3 rings (SSSR count). The molecule has 1 aliphatic rings. The van der Waals surface area contributed by atoms with Gasteiger partial charge in [-0.15, -0.1) is 0 Å². The van der Waals surface area contributed by atoms with Crippen molar-refractivity contribution in [3.63, 3.8) is 0 Å². The van der Waals surface area contributed by atoms with E-state index in [4.69, 9.17) is 43.1 Å². The van der Waals surface area contributed by atoms with Crippen LogP contribution in [0.15, 0.2) is 35.3 Å². The zero-order valence-electron chi connectivity index (χ0n) is 14.2. The van der Waals surface area contributed by atoms with E-state index in [1.54, 1.807) is 19.2 Å². The maximum Gasteiger partial charge on any atom is 0.193 e. The first-order valence-corrected chi connectivity index (χ1v) is 8.81. The molecule has 0 bridgehead atoms. The van der Waals surface area contributed by atoms with Crippen LogP contribution in [0, 0.1) is 0 Å². The largest absolute Gasteiger partial charge is 0.495 e. The third-order valence-corrected chi connectivity index (χ3v) is 4.34. The predicted molar refractivity (Wildman–Crippen MR) is 104 cm³/mol. The number of nitrogens with zero attached hydrogens (tertiary/aromatic N) is 1. The van der Waals surface area contributed by atoms with Gasteiger partial charge >= 0.3 is 0 Å². The third kappa shape index (κ3) is 4.45. The number of guanidine groups is 1. The standard InChI is InChI=1S/C18H19Cl2N3O3/c1-24-15-3-2-12(10-13(15)19)23-18(21)22-5-4-11-8-14(20)17-16(9-11)25-6-7-26-17/h2-3,8-10H,4-7H2,1H3,(H3,21,22,23). The summed E-state index contributed by atoms with van der Waals surface area (Å²) in [4.78, 5) is 4.32. The molecule has 0 unspecified atom stereocenters. The molecule has 138 valence electrons. The van der Waals surface area contributed by atoms with Crippen LogP contribution >= 0.6 is 23.2 Å². The lowest BCUT2D eigenvalue weighted by Gasteiger charge is -2.20. The first kappa shape index (κ1) is 18.5. The van der Waals surface area contributed by atoms with Crippen LogP contribution in [0.4, 0.5) is 5.69 Å². The lowest BCUT2D eigenvalue weighted by molar-refractivity contribution is 0.171. The molecule has 2 aromatic rings. The fraction of sp³-hybridized carbons (Fsp3) is 0.278. The van der Waals surface area contributed by atoms with Crippen molar-refractivity contribution in [2.24, 2.45) is 10.7 Å². The summed E-state index contributed by atoms with van der Waals surface area (Å²) in [7, 11) is 1.56. The van der Waals surface area contributed by atoms with Crippen molar-refractivity contribution in [2.75, 3.05) is 32.2 Å². The van der Waals surface area contributed by atoms with E-state index < -0.39 is 0 Å². The van der Waals surface area contributed by atoms with E-state index >= 15 is 0 Å². The average Bonchev–Trinajstić information content (AvgIpc) is 2.62. The Hall–Kier alpha value is -2.31. The molecule has 26 heavy (non-hydrogen) atoms. The summed E-state index contributed by atoms with van der Waals surface area (Å²) in [5, 5.41) is 4.04. The summed E-state index contributed by atoms with van der Waals surface area (Å²) in [6.45, 7) is 1.53. The van der Waals surface area contributed by atoms with E-state index in [0.29, 0.717) is 59.4 Å². The monoisotopic (exact) mass is 395 g/mol. The van der Waals surface area contributed by atoms with Gasteiger partial charge in [0.1, 0.15) is 19.0 Å². The molecule has 0 saturated carbocycles. The fourth-order valence-electron chi connectivity index (χ4n) is 2.55. The number of anilines is 1. The molecule has 0 amide bonds. The molecule has 1 heterocycles. The molecule has 8 heteroatoms. The Labute approximate surface area is 161 Å². The van der Waals surface area contributed by atoms with Gasteiger partial charge < -0.3 is 25.3 Å². The lowest BCUT2D eigenvalue weighted by Crippen LogP contribution is -2.23. The van der Waals surface area contributed by atoms with Crippen LogP contribution in [-0.2, 0) is 6.42 Å². The number of benzene rings is 2. The number of methoxy groups -OCH3 is 1. The number of rotatable bonds is 5. The van der Waals surface area contributed by atoms with E-state index in [0.717, 1.165) is 11.3 Å². The summed E-state index contributed by atoms with van der Waals surface area (Å²) in [6.07, 6.45) is 0.669. The molecular weight excluding hydrogens is 377 g/mol. The van der Waals surface area contributed by atoms with E-state index in [-0.39, 0.29) is 0 Å². The van der Waals surface area contributed by atoms with Crippen LogP contribution < -0.4 is 25.3 Å². The van der Waals surface area contributed by atoms with Gasteiger partial charge in [0.05, 0.1) is 17.2 Å². The maximum atomic E-state index is 6.24. The van der Waals surface area contributed by atoms with Gasteiger partial charge in [0.2, 0.25) is 0 Å². The van der Waals surface area contributed by atoms with Gasteiger partial charge in [0.15, 0.2) is 17.5 Å². The predicted octanol–water partition coefficient (Wildman–Crippen LogP) is 3.74. The minimum atomic E-state index is 0.301. The normalized spacial score (nSPS) is 13.4.